The van der Waals surface area contributed by atoms with Crippen LogP contribution < -0.4 is 0 Å². The summed E-state index contributed by atoms with van der Waals surface area (Å²) in [6.07, 6.45) is -2.67. The molecule has 0 amide bonds. The zero-order chi connectivity index (χ0) is 11.2. The van der Waals surface area contributed by atoms with Crippen LogP contribution in [0.4, 0.5) is 13.2 Å². The standard InChI is InChI=1S/C9H6BrF3N2/c1-15-4-6-7(10)2-5(9(11,12)13)3-8(6)14-15/h2-4H,1H3. The number of aromatic nitrogens is 2. The van der Waals surface area contributed by atoms with Crippen LogP contribution in [-0.4, -0.2) is 9.78 Å². The van der Waals surface area contributed by atoms with Gasteiger partial charge in [0.15, 0.2) is 0 Å². The Morgan fingerprint density at radius 3 is 2.60 bits per heavy atom. The first kappa shape index (κ1) is 10.5. The number of hydrogen-bond acceptors (Lipinski definition) is 1. The number of rotatable bonds is 0. The summed E-state index contributed by atoms with van der Waals surface area (Å²) in [5, 5.41) is 4.61. The van der Waals surface area contributed by atoms with E-state index in [1.807, 2.05) is 0 Å². The molecule has 0 saturated heterocycles. The lowest BCUT2D eigenvalue weighted by atomic mass is 10.1. The molecule has 0 fully saturated rings. The lowest BCUT2D eigenvalue weighted by molar-refractivity contribution is -0.137. The van der Waals surface area contributed by atoms with Crippen molar-refractivity contribution in [2.75, 3.05) is 0 Å². The molecular weight excluding hydrogens is 273 g/mol. The van der Waals surface area contributed by atoms with Crippen molar-refractivity contribution >= 4 is 26.8 Å². The zero-order valence-corrected chi connectivity index (χ0v) is 9.22. The van der Waals surface area contributed by atoms with E-state index in [-0.39, 0.29) is 0 Å². The Bertz CT molecular complexity index is 516. The van der Waals surface area contributed by atoms with E-state index in [1.165, 1.54) is 4.68 Å². The van der Waals surface area contributed by atoms with Crippen LogP contribution in [0.5, 0.6) is 0 Å². The molecule has 1 aromatic heterocycles. The highest BCUT2D eigenvalue weighted by Gasteiger charge is 2.31. The first-order chi connectivity index (χ1) is 6.88. The molecule has 1 heterocycles. The number of nitrogens with zero attached hydrogens (tertiary/aromatic N) is 2. The van der Waals surface area contributed by atoms with Crippen molar-refractivity contribution in [3.05, 3.63) is 28.4 Å². The summed E-state index contributed by atoms with van der Waals surface area (Å²) in [4.78, 5) is 0. The predicted molar refractivity (Wildman–Crippen MR) is 53.4 cm³/mol. The molecule has 0 aliphatic rings. The highest BCUT2D eigenvalue weighted by Crippen LogP contribution is 2.34. The van der Waals surface area contributed by atoms with E-state index in [0.717, 1.165) is 12.1 Å². The maximum Gasteiger partial charge on any atom is 0.416 e. The minimum Gasteiger partial charge on any atom is -0.275 e. The largest absolute Gasteiger partial charge is 0.416 e. The molecular formula is C9H6BrF3N2. The van der Waals surface area contributed by atoms with Gasteiger partial charge in [0.1, 0.15) is 0 Å². The molecule has 0 radical (unpaired) electrons. The zero-order valence-electron chi connectivity index (χ0n) is 7.64. The van der Waals surface area contributed by atoms with E-state index in [1.54, 1.807) is 13.2 Å². The number of alkyl halides is 3. The number of halogens is 4. The highest BCUT2D eigenvalue weighted by atomic mass is 79.9. The smallest absolute Gasteiger partial charge is 0.275 e. The van der Waals surface area contributed by atoms with Crippen LogP contribution in [-0.2, 0) is 13.2 Å². The fourth-order valence-electron chi connectivity index (χ4n) is 1.36. The van der Waals surface area contributed by atoms with Gasteiger partial charge in [-0.3, -0.25) is 4.68 Å². The number of fused-ring (bicyclic) bond motifs is 1. The van der Waals surface area contributed by atoms with Gasteiger partial charge >= 0.3 is 6.18 Å². The second kappa shape index (κ2) is 3.23. The minimum atomic E-state index is -4.34. The second-order valence-electron chi connectivity index (χ2n) is 3.19. The number of hydrogen-bond donors (Lipinski definition) is 0. The lowest BCUT2D eigenvalue weighted by Gasteiger charge is -2.06. The van der Waals surface area contributed by atoms with Gasteiger partial charge in [-0.1, -0.05) is 15.9 Å². The molecule has 0 spiro atoms. The molecule has 2 aromatic rings. The molecule has 0 atom stereocenters. The van der Waals surface area contributed by atoms with Crippen LogP contribution in [0.25, 0.3) is 10.9 Å². The van der Waals surface area contributed by atoms with E-state index < -0.39 is 11.7 Å². The first-order valence-corrected chi connectivity index (χ1v) is 4.87. The van der Waals surface area contributed by atoms with Gasteiger partial charge in [0.25, 0.3) is 0 Å². The summed E-state index contributed by atoms with van der Waals surface area (Å²) >= 11 is 3.10. The van der Waals surface area contributed by atoms with E-state index in [2.05, 4.69) is 21.0 Å². The molecule has 80 valence electrons. The van der Waals surface area contributed by atoms with Crippen molar-refractivity contribution in [3.63, 3.8) is 0 Å². The molecule has 15 heavy (non-hydrogen) atoms. The van der Waals surface area contributed by atoms with Crippen molar-refractivity contribution in [1.82, 2.24) is 9.78 Å². The topological polar surface area (TPSA) is 17.8 Å². The van der Waals surface area contributed by atoms with Crippen LogP contribution in [0.2, 0.25) is 0 Å². The van der Waals surface area contributed by atoms with E-state index in [9.17, 15) is 13.2 Å². The van der Waals surface area contributed by atoms with Gasteiger partial charge in [0.2, 0.25) is 0 Å². The Balaban J connectivity index is 2.72. The van der Waals surface area contributed by atoms with Crippen molar-refractivity contribution < 1.29 is 13.2 Å². The Kier molecular flexibility index (Phi) is 2.26. The maximum absolute atomic E-state index is 12.4. The molecule has 0 N–H and O–H groups in total. The Morgan fingerprint density at radius 2 is 2.00 bits per heavy atom. The van der Waals surface area contributed by atoms with E-state index in [0.29, 0.717) is 15.4 Å². The van der Waals surface area contributed by atoms with Crippen molar-refractivity contribution in [2.45, 2.75) is 6.18 Å². The van der Waals surface area contributed by atoms with Gasteiger partial charge in [-0.05, 0) is 12.1 Å². The van der Waals surface area contributed by atoms with Crippen LogP contribution in [0.3, 0.4) is 0 Å². The van der Waals surface area contributed by atoms with E-state index >= 15 is 0 Å². The monoisotopic (exact) mass is 278 g/mol. The summed E-state index contributed by atoms with van der Waals surface area (Å²) in [5.74, 6) is 0. The van der Waals surface area contributed by atoms with E-state index in [4.69, 9.17) is 0 Å². The number of benzene rings is 1. The summed E-state index contributed by atoms with van der Waals surface area (Å²) in [5.41, 5.74) is -0.361. The van der Waals surface area contributed by atoms with Crippen LogP contribution in [0, 0.1) is 0 Å². The Labute approximate surface area is 91.8 Å². The molecule has 1 aromatic carbocycles. The van der Waals surface area contributed by atoms with Crippen molar-refractivity contribution in [3.8, 4) is 0 Å². The molecule has 0 aliphatic heterocycles. The van der Waals surface area contributed by atoms with Crippen LogP contribution >= 0.6 is 15.9 Å². The molecule has 0 aliphatic carbocycles. The van der Waals surface area contributed by atoms with Gasteiger partial charge in [0.05, 0.1) is 11.1 Å². The normalized spacial score (nSPS) is 12.3. The van der Waals surface area contributed by atoms with Gasteiger partial charge in [-0.2, -0.15) is 18.3 Å². The van der Waals surface area contributed by atoms with Gasteiger partial charge in [-0.15, -0.1) is 0 Å². The quantitative estimate of drug-likeness (QED) is 0.723. The SMILES string of the molecule is Cn1cc2c(Br)cc(C(F)(F)F)cc2n1. The highest BCUT2D eigenvalue weighted by molar-refractivity contribution is 9.10. The summed E-state index contributed by atoms with van der Waals surface area (Å²) in [7, 11) is 1.67. The average Bonchev–Trinajstić information content (AvgIpc) is 2.44. The van der Waals surface area contributed by atoms with Gasteiger partial charge in [0, 0.05) is 23.1 Å². The lowest BCUT2D eigenvalue weighted by Crippen LogP contribution is -2.04. The third-order valence-corrected chi connectivity index (χ3v) is 2.67. The van der Waals surface area contributed by atoms with Gasteiger partial charge < -0.3 is 0 Å². The van der Waals surface area contributed by atoms with Crippen molar-refractivity contribution in [2.24, 2.45) is 7.05 Å². The number of aryl methyl sites for hydroxylation is 1. The summed E-state index contributed by atoms with van der Waals surface area (Å²) < 4.78 is 39.2. The molecule has 2 rings (SSSR count). The maximum atomic E-state index is 12.4. The fraction of sp³-hybridized carbons (Fsp3) is 0.222. The third kappa shape index (κ3) is 1.86. The van der Waals surface area contributed by atoms with Crippen LogP contribution in [0.1, 0.15) is 5.56 Å². The third-order valence-electron chi connectivity index (χ3n) is 2.02. The second-order valence-corrected chi connectivity index (χ2v) is 4.05. The predicted octanol–water partition coefficient (Wildman–Crippen LogP) is 3.35. The molecule has 0 saturated carbocycles. The average molecular weight is 279 g/mol. The summed E-state index contributed by atoms with van der Waals surface area (Å²) in [6.45, 7) is 0. The molecule has 0 bridgehead atoms. The van der Waals surface area contributed by atoms with Crippen LogP contribution in [0.15, 0.2) is 22.8 Å². The Morgan fingerprint density at radius 1 is 1.33 bits per heavy atom. The fourth-order valence-corrected chi connectivity index (χ4v) is 1.92. The molecule has 0 unspecified atom stereocenters. The first-order valence-electron chi connectivity index (χ1n) is 4.08. The summed E-state index contributed by atoms with van der Waals surface area (Å²) in [6, 6.07) is 2.10. The van der Waals surface area contributed by atoms with Gasteiger partial charge in [-0.25, -0.2) is 0 Å². The Hall–Kier alpha value is -1.04. The molecule has 2 nitrogen and oxygen atoms in total. The van der Waals surface area contributed by atoms with Crippen molar-refractivity contribution in [1.29, 1.82) is 0 Å². The minimum absolute atomic E-state index is 0.333. The molecule has 6 heteroatoms.